The largest absolute Gasteiger partial charge is 0.454 e. The summed E-state index contributed by atoms with van der Waals surface area (Å²) >= 11 is 1.25. The van der Waals surface area contributed by atoms with Gasteiger partial charge in [0.15, 0.2) is 11.5 Å². The Morgan fingerprint density at radius 3 is 3.00 bits per heavy atom. The second-order valence-corrected chi connectivity index (χ2v) is 4.79. The van der Waals surface area contributed by atoms with Crippen LogP contribution in [0.1, 0.15) is 15.4 Å². The summed E-state index contributed by atoms with van der Waals surface area (Å²) in [6.45, 7) is 0.480. The van der Waals surface area contributed by atoms with Crippen molar-refractivity contribution in [1.82, 2.24) is 10.2 Å². The first-order valence-corrected chi connectivity index (χ1v) is 6.31. The molecule has 2 aromatic rings. The Bertz CT molecular complexity index is 628. The number of nitrogens with one attached hydrogen (secondary N) is 1. The zero-order valence-electron chi connectivity index (χ0n) is 9.75. The topological polar surface area (TPSA) is 99.4 Å². The smallest absolute Gasteiger partial charge is 0.257 e. The highest BCUT2D eigenvalue weighted by Crippen LogP contribution is 2.32. The van der Waals surface area contributed by atoms with Crippen LogP contribution in [-0.2, 0) is 6.54 Å². The first kappa shape index (κ1) is 11.9. The third-order valence-corrected chi connectivity index (χ3v) is 3.36. The molecule has 0 fully saturated rings. The second kappa shape index (κ2) is 4.82. The Hall–Kier alpha value is -2.19. The molecule has 2 heterocycles. The molecule has 1 aliphatic rings. The summed E-state index contributed by atoms with van der Waals surface area (Å²) in [5.74, 6) is 0.920. The Balaban J connectivity index is 1.76. The summed E-state index contributed by atoms with van der Waals surface area (Å²) in [7, 11) is 0. The fraction of sp³-hybridized carbons (Fsp3) is 0.182. The molecule has 19 heavy (non-hydrogen) atoms. The molecule has 3 N–H and O–H groups in total. The number of anilines is 1. The molecule has 7 nitrogen and oxygen atoms in total. The number of rotatable bonds is 3. The van der Waals surface area contributed by atoms with E-state index >= 15 is 0 Å². The van der Waals surface area contributed by atoms with Crippen molar-refractivity contribution >= 4 is 22.4 Å². The van der Waals surface area contributed by atoms with Crippen LogP contribution >= 0.6 is 11.3 Å². The van der Waals surface area contributed by atoms with Gasteiger partial charge in [-0.05, 0) is 18.2 Å². The van der Waals surface area contributed by atoms with Crippen molar-refractivity contribution in [3.05, 3.63) is 28.8 Å². The molecule has 3 rings (SSSR count). The minimum absolute atomic E-state index is 0.177. The van der Waals surface area contributed by atoms with E-state index in [9.17, 15) is 4.79 Å². The molecule has 0 saturated carbocycles. The molecule has 98 valence electrons. The van der Waals surface area contributed by atoms with Gasteiger partial charge in [-0.25, -0.2) is 0 Å². The maximum atomic E-state index is 12.0. The summed E-state index contributed by atoms with van der Waals surface area (Å²) in [6.07, 6.45) is 0. The number of nitrogens with two attached hydrogens (primary N) is 1. The third-order valence-electron chi connectivity index (χ3n) is 2.50. The fourth-order valence-electron chi connectivity index (χ4n) is 1.59. The number of hydrogen-bond donors (Lipinski definition) is 2. The molecule has 0 atom stereocenters. The van der Waals surface area contributed by atoms with Crippen LogP contribution in [0.25, 0.3) is 0 Å². The van der Waals surface area contributed by atoms with Gasteiger partial charge in [-0.15, -0.1) is 10.2 Å². The van der Waals surface area contributed by atoms with Gasteiger partial charge in [0.1, 0.15) is 5.01 Å². The van der Waals surface area contributed by atoms with E-state index in [1.165, 1.54) is 11.3 Å². The first-order chi connectivity index (χ1) is 9.26. The van der Waals surface area contributed by atoms with Crippen LogP contribution in [0.3, 0.4) is 0 Å². The van der Waals surface area contributed by atoms with Crippen LogP contribution in [0, 0.1) is 0 Å². The molecule has 1 aliphatic heterocycles. The van der Waals surface area contributed by atoms with E-state index in [0.717, 1.165) is 0 Å². The molecule has 8 heteroatoms. The number of aromatic nitrogens is 2. The molecule has 0 spiro atoms. The summed E-state index contributed by atoms with van der Waals surface area (Å²) in [5, 5.41) is 11.4. The highest BCUT2D eigenvalue weighted by atomic mass is 32.1. The van der Waals surface area contributed by atoms with Crippen LogP contribution in [0.4, 0.5) is 5.13 Å². The van der Waals surface area contributed by atoms with Crippen molar-refractivity contribution in [3.8, 4) is 11.5 Å². The average molecular weight is 278 g/mol. The van der Waals surface area contributed by atoms with Gasteiger partial charge >= 0.3 is 0 Å². The van der Waals surface area contributed by atoms with E-state index in [2.05, 4.69) is 15.5 Å². The van der Waals surface area contributed by atoms with Gasteiger partial charge in [-0.2, -0.15) is 0 Å². The molecule has 1 aromatic heterocycles. The summed E-state index contributed by atoms with van der Waals surface area (Å²) in [6, 6.07) is 4.99. The van der Waals surface area contributed by atoms with Gasteiger partial charge in [-0.3, -0.25) is 10.1 Å². The number of fused-ring (bicyclic) bond motifs is 1. The van der Waals surface area contributed by atoms with Crippen molar-refractivity contribution in [2.75, 3.05) is 12.1 Å². The minimum atomic E-state index is -0.280. The quantitative estimate of drug-likeness (QED) is 0.868. The number of amides is 1. The maximum Gasteiger partial charge on any atom is 0.257 e. The van der Waals surface area contributed by atoms with Crippen LogP contribution in [-0.4, -0.2) is 22.9 Å². The van der Waals surface area contributed by atoms with Crippen molar-refractivity contribution < 1.29 is 14.3 Å². The number of benzene rings is 1. The Labute approximate surface area is 112 Å². The molecular weight excluding hydrogens is 268 g/mol. The van der Waals surface area contributed by atoms with E-state index in [-0.39, 0.29) is 12.7 Å². The second-order valence-electron chi connectivity index (χ2n) is 3.73. The van der Waals surface area contributed by atoms with E-state index in [1.807, 2.05) is 0 Å². The molecule has 0 bridgehead atoms. The van der Waals surface area contributed by atoms with Gasteiger partial charge < -0.3 is 15.2 Å². The van der Waals surface area contributed by atoms with E-state index in [0.29, 0.717) is 33.7 Å². The zero-order valence-corrected chi connectivity index (χ0v) is 10.6. The van der Waals surface area contributed by atoms with Crippen molar-refractivity contribution in [3.63, 3.8) is 0 Å². The molecule has 1 aromatic carbocycles. The molecule has 0 unspecified atom stereocenters. The number of ether oxygens (including phenoxy) is 2. The fourth-order valence-corrected chi connectivity index (χ4v) is 2.21. The van der Waals surface area contributed by atoms with Gasteiger partial charge in [-0.1, -0.05) is 11.3 Å². The van der Waals surface area contributed by atoms with Gasteiger partial charge in [0.25, 0.3) is 5.91 Å². The SMILES string of the molecule is NCc1nnc(NC(=O)c2ccc3c(c2)OCO3)s1. The maximum absolute atomic E-state index is 12.0. The summed E-state index contributed by atoms with van der Waals surface area (Å²) < 4.78 is 10.4. The lowest BCUT2D eigenvalue weighted by Crippen LogP contribution is -2.11. The summed E-state index contributed by atoms with van der Waals surface area (Å²) in [5.41, 5.74) is 5.90. The van der Waals surface area contributed by atoms with Gasteiger partial charge in [0.2, 0.25) is 11.9 Å². The normalized spacial score (nSPS) is 12.5. The highest BCUT2D eigenvalue weighted by molar-refractivity contribution is 7.15. The van der Waals surface area contributed by atoms with Crippen molar-refractivity contribution in [2.45, 2.75) is 6.54 Å². The first-order valence-electron chi connectivity index (χ1n) is 5.50. The van der Waals surface area contributed by atoms with Crippen LogP contribution in [0.15, 0.2) is 18.2 Å². The molecular formula is C11H10N4O3S. The van der Waals surface area contributed by atoms with E-state index in [1.54, 1.807) is 18.2 Å². The predicted molar refractivity (Wildman–Crippen MR) is 68.3 cm³/mol. The predicted octanol–water partition coefficient (Wildman–Crippen LogP) is 0.978. The van der Waals surface area contributed by atoms with Crippen LogP contribution in [0.2, 0.25) is 0 Å². The lowest BCUT2D eigenvalue weighted by molar-refractivity contribution is 0.102. The number of nitrogens with zero attached hydrogens (tertiary/aromatic N) is 2. The van der Waals surface area contributed by atoms with Gasteiger partial charge in [0, 0.05) is 12.1 Å². The molecule has 0 saturated heterocycles. The van der Waals surface area contributed by atoms with E-state index in [4.69, 9.17) is 15.2 Å². The molecule has 0 aliphatic carbocycles. The third kappa shape index (κ3) is 2.35. The summed E-state index contributed by atoms with van der Waals surface area (Å²) in [4.78, 5) is 12.0. The Morgan fingerprint density at radius 1 is 1.37 bits per heavy atom. The zero-order chi connectivity index (χ0) is 13.2. The average Bonchev–Trinajstić information content (AvgIpc) is 3.05. The lowest BCUT2D eigenvalue weighted by atomic mass is 10.2. The standard InChI is InChI=1S/C11H10N4O3S/c12-4-9-14-15-11(19-9)13-10(16)6-1-2-7-8(3-6)18-5-17-7/h1-3H,4-5,12H2,(H,13,15,16). The highest BCUT2D eigenvalue weighted by Gasteiger charge is 2.17. The van der Waals surface area contributed by atoms with Crippen molar-refractivity contribution in [2.24, 2.45) is 5.73 Å². The monoisotopic (exact) mass is 278 g/mol. The molecule has 0 radical (unpaired) electrons. The Kier molecular flexibility index (Phi) is 3.02. The number of hydrogen-bond acceptors (Lipinski definition) is 7. The molecule has 1 amide bonds. The Morgan fingerprint density at radius 2 is 2.21 bits per heavy atom. The number of carbonyl (C=O) groups is 1. The lowest BCUT2D eigenvalue weighted by Gasteiger charge is -2.02. The van der Waals surface area contributed by atoms with Crippen molar-refractivity contribution in [1.29, 1.82) is 0 Å². The van der Waals surface area contributed by atoms with Gasteiger partial charge in [0.05, 0.1) is 0 Å². The number of carbonyl (C=O) groups excluding carboxylic acids is 1. The minimum Gasteiger partial charge on any atom is -0.454 e. The van der Waals surface area contributed by atoms with Crippen LogP contribution in [0.5, 0.6) is 11.5 Å². The van der Waals surface area contributed by atoms with E-state index < -0.39 is 0 Å². The van der Waals surface area contributed by atoms with Crippen LogP contribution < -0.4 is 20.5 Å².